The number of benzene rings is 1. The van der Waals surface area contributed by atoms with Crippen molar-refractivity contribution >= 4 is 5.91 Å². The van der Waals surface area contributed by atoms with Crippen molar-refractivity contribution in [1.29, 1.82) is 0 Å². The highest BCUT2D eigenvalue weighted by Crippen LogP contribution is 2.63. The number of furan rings is 1. The predicted molar refractivity (Wildman–Crippen MR) is 138 cm³/mol. The van der Waals surface area contributed by atoms with Crippen molar-refractivity contribution in [3.8, 4) is 5.75 Å². The number of aliphatic hydroxyl groups is 2. The quantitative estimate of drug-likeness (QED) is 0.389. The Hall–Kier alpha value is -2.35. The van der Waals surface area contributed by atoms with Crippen LogP contribution in [0.3, 0.4) is 0 Å². The van der Waals surface area contributed by atoms with Crippen molar-refractivity contribution in [2.75, 3.05) is 7.11 Å². The van der Waals surface area contributed by atoms with E-state index in [1.165, 1.54) is 0 Å². The fourth-order valence-corrected chi connectivity index (χ4v) is 6.72. The second kappa shape index (κ2) is 10.6. The van der Waals surface area contributed by atoms with E-state index in [9.17, 15) is 15.0 Å². The van der Waals surface area contributed by atoms with Crippen LogP contribution >= 0.6 is 0 Å². The number of nitrogens with one attached hydrogen (secondary N) is 2. The first-order chi connectivity index (χ1) is 17.1. The number of carbonyl (C=O) groups excluding carboxylic acids is 1. The number of rotatable bonds is 10. The molecule has 7 heteroatoms. The summed E-state index contributed by atoms with van der Waals surface area (Å²) < 4.78 is 10.9. The highest BCUT2D eigenvalue weighted by Gasteiger charge is 2.61. The van der Waals surface area contributed by atoms with Crippen molar-refractivity contribution in [2.24, 2.45) is 16.7 Å². The Morgan fingerprint density at radius 1 is 1.06 bits per heavy atom. The molecule has 0 saturated heterocycles. The standard InChI is InChI=1S/C29H42N2O5/c1-27(2)16-25(30-18-22-9-10-23(19-32)36-22)29(14-13-28(3,34)15-24(27)29)12-11-26(33)31-17-20-5-7-21(35-4)8-6-20/h5-10,24-25,30,32,34H,11-19H2,1-4H3,(H,31,33)/t24-,25-,28+,29+/m0/s1. The van der Waals surface area contributed by atoms with Crippen molar-refractivity contribution < 1.29 is 24.2 Å². The minimum Gasteiger partial charge on any atom is -0.497 e. The summed E-state index contributed by atoms with van der Waals surface area (Å²) >= 11 is 0. The van der Waals surface area contributed by atoms with Gasteiger partial charge in [0.1, 0.15) is 23.9 Å². The van der Waals surface area contributed by atoms with Crippen LogP contribution in [-0.4, -0.2) is 34.9 Å². The summed E-state index contributed by atoms with van der Waals surface area (Å²) in [6.07, 6.45) is 4.59. The normalized spacial score (nSPS) is 29.1. The molecule has 0 radical (unpaired) electrons. The third-order valence-electron chi connectivity index (χ3n) is 8.70. The molecule has 4 N–H and O–H groups in total. The van der Waals surface area contributed by atoms with Gasteiger partial charge in [-0.1, -0.05) is 26.0 Å². The Labute approximate surface area is 214 Å². The van der Waals surface area contributed by atoms with Gasteiger partial charge in [0.15, 0.2) is 0 Å². The maximum Gasteiger partial charge on any atom is 0.220 e. The van der Waals surface area contributed by atoms with E-state index < -0.39 is 5.60 Å². The molecule has 2 aromatic rings. The van der Waals surface area contributed by atoms with Crippen molar-refractivity contribution in [3.63, 3.8) is 0 Å². The smallest absolute Gasteiger partial charge is 0.220 e. The average Bonchev–Trinajstić information content (AvgIpc) is 3.40. The van der Waals surface area contributed by atoms with E-state index in [1.807, 2.05) is 37.3 Å². The van der Waals surface area contributed by atoms with E-state index in [0.29, 0.717) is 31.2 Å². The van der Waals surface area contributed by atoms with Crippen LogP contribution in [0.15, 0.2) is 40.8 Å². The highest BCUT2D eigenvalue weighted by atomic mass is 16.5. The first kappa shape index (κ1) is 26.7. The monoisotopic (exact) mass is 498 g/mol. The summed E-state index contributed by atoms with van der Waals surface area (Å²) in [6.45, 7) is 7.52. The minimum atomic E-state index is -0.673. The molecule has 1 aromatic heterocycles. The van der Waals surface area contributed by atoms with Crippen LogP contribution in [0.5, 0.6) is 5.75 Å². The maximum absolute atomic E-state index is 12.9. The molecule has 2 fully saturated rings. The molecule has 2 aliphatic rings. The van der Waals surface area contributed by atoms with Gasteiger partial charge in [-0.25, -0.2) is 0 Å². The first-order valence-corrected chi connectivity index (χ1v) is 13.1. The fourth-order valence-electron chi connectivity index (χ4n) is 6.72. The topological polar surface area (TPSA) is 104 Å². The van der Waals surface area contributed by atoms with Crippen LogP contribution in [0.2, 0.25) is 0 Å². The van der Waals surface area contributed by atoms with E-state index in [2.05, 4.69) is 24.5 Å². The molecule has 0 bridgehead atoms. The number of carbonyl (C=O) groups is 1. The number of hydrogen-bond acceptors (Lipinski definition) is 6. The molecule has 2 aliphatic carbocycles. The van der Waals surface area contributed by atoms with Crippen LogP contribution in [-0.2, 0) is 24.5 Å². The van der Waals surface area contributed by atoms with Gasteiger partial charge in [0.25, 0.3) is 0 Å². The summed E-state index contributed by atoms with van der Waals surface area (Å²) in [6, 6.07) is 11.7. The van der Waals surface area contributed by atoms with Crippen LogP contribution in [0.1, 0.15) is 76.4 Å². The van der Waals surface area contributed by atoms with E-state index in [0.717, 1.165) is 49.2 Å². The molecule has 0 spiro atoms. The van der Waals surface area contributed by atoms with Crippen molar-refractivity contribution in [2.45, 2.75) is 90.6 Å². The molecule has 198 valence electrons. The highest BCUT2D eigenvalue weighted by molar-refractivity contribution is 5.76. The van der Waals surface area contributed by atoms with Crippen molar-refractivity contribution in [1.82, 2.24) is 10.6 Å². The molecular weight excluding hydrogens is 456 g/mol. The molecule has 4 rings (SSSR count). The third kappa shape index (κ3) is 5.79. The second-order valence-corrected chi connectivity index (χ2v) is 11.8. The van der Waals surface area contributed by atoms with Crippen molar-refractivity contribution in [3.05, 3.63) is 53.5 Å². The van der Waals surface area contributed by atoms with Crippen LogP contribution in [0.4, 0.5) is 0 Å². The SMILES string of the molecule is COc1ccc(CNC(=O)CC[C@@]23CC[C@@](C)(O)C[C@H]2C(C)(C)C[C@@H]3NCc2ccc(CO)o2)cc1. The molecular formula is C29H42N2O5. The molecule has 1 amide bonds. The van der Waals surface area contributed by atoms with E-state index >= 15 is 0 Å². The third-order valence-corrected chi connectivity index (χ3v) is 8.70. The Balaban J connectivity index is 1.45. The van der Waals surface area contributed by atoms with Crippen LogP contribution < -0.4 is 15.4 Å². The molecule has 4 atom stereocenters. The Morgan fingerprint density at radius 3 is 2.44 bits per heavy atom. The summed E-state index contributed by atoms with van der Waals surface area (Å²) in [7, 11) is 1.64. The first-order valence-electron chi connectivity index (χ1n) is 13.1. The second-order valence-electron chi connectivity index (χ2n) is 11.8. The number of methoxy groups -OCH3 is 1. The van der Waals surface area contributed by atoms with E-state index in [1.54, 1.807) is 13.2 Å². The van der Waals surface area contributed by atoms with Gasteiger partial charge < -0.3 is 30.0 Å². The lowest BCUT2D eigenvalue weighted by Gasteiger charge is -2.51. The van der Waals surface area contributed by atoms with Crippen LogP contribution in [0.25, 0.3) is 0 Å². The minimum absolute atomic E-state index is 0.0427. The lowest BCUT2D eigenvalue weighted by atomic mass is 9.57. The fraction of sp³-hybridized carbons (Fsp3) is 0.621. The average molecular weight is 499 g/mol. The summed E-state index contributed by atoms with van der Waals surface area (Å²) in [5.74, 6) is 2.53. The van der Waals surface area contributed by atoms with E-state index in [-0.39, 0.29) is 29.4 Å². The van der Waals surface area contributed by atoms with Gasteiger partial charge in [-0.2, -0.15) is 0 Å². The zero-order valence-electron chi connectivity index (χ0n) is 22.1. The molecule has 1 aromatic carbocycles. The number of fused-ring (bicyclic) bond motifs is 1. The number of aliphatic hydroxyl groups excluding tert-OH is 1. The number of ether oxygens (including phenoxy) is 1. The number of hydrogen-bond donors (Lipinski definition) is 4. The van der Waals surface area contributed by atoms with Gasteiger partial charge in [0.2, 0.25) is 5.91 Å². The molecule has 2 saturated carbocycles. The predicted octanol–water partition coefficient (Wildman–Crippen LogP) is 4.30. The van der Waals surface area contributed by atoms with Gasteiger partial charge >= 0.3 is 0 Å². The molecule has 1 heterocycles. The Morgan fingerprint density at radius 2 is 1.78 bits per heavy atom. The summed E-state index contributed by atoms with van der Waals surface area (Å²) in [4.78, 5) is 12.9. The maximum atomic E-state index is 12.9. The Bertz CT molecular complexity index is 1030. The zero-order valence-corrected chi connectivity index (χ0v) is 22.1. The lowest BCUT2D eigenvalue weighted by Crippen LogP contribution is -2.51. The van der Waals surface area contributed by atoms with Crippen LogP contribution in [0, 0.1) is 16.7 Å². The zero-order chi connectivity index (χ0) is 26.0. The lowest BCUT2D eigenvalue weighted by molar-refractivity contribution is -0.123. The summed E-state index contributed by atoms with van der Waals surface area (Å²) in [5, 5.41) is 27.1. The molecule has 7 nitrogen and oxygen atoms in total. The van der Waals surface area contributed by atoms with Gasteiger partial charge in [0, 0.05) is 19.0 Å². The number of amides is 1. The van der Waals surface area contributed by atoms with Gasteiger partial charge in [0.05, 0.1) is 19.3 Å². The molecule has 0 unspecified atom stereocenters. The Kier molecular flexibility index (Phi) is 7.83. The summed E-state index contributed by atoms with van der Waals surface area (Å²) in [5.41, 5.74) is 0.334. The molecule has 36 heavy (non-hydrogen) atoms. The largest absolute Gasteiger partial charge is 0.497 e. The van der Waals surface area contributed by atoms with Gasteiger partial charge in [-0.15, -0.1) is 0 Å². The van der Waals surface area contributed by atoms with E-state index in [4.69, 9.17) is 9.15 Å². The van der Waals surface area contributed by atoms with Gasteiger partial charge in [-0.3, -0.25) is 4.79 Å². The molecule has 0 aliphatic heterocycles. The van der Waals surface area contributed by atoms with Gasteiger partial charge in [-0.05, 0) is 85.6 Å².